The minimum absolute atomic E-state index is 0. The van der Waals surface area contributed by atoms with Crippen molar-refractivity contribution in [2.45, 2.75) is 12.5 Å². The highest BCUT2D eigenvalue weighted by molar-refractivity contribution is 5.85. The summed E-state index contributed by atoms with van der Waals surface area (Å²) in [5, 5.41) is 3.33. The number of nitrogens with zero attached hydrogens (tertiary/aromatic N) is 1. The quantitative estimate of drug-likeness (QED) is 0.750. The van der Waals surface area contributed by atoms with E-state index in [2.05, 4.69) is 52.7 Å². The van der Waals surface area contributed by atoms with Crippen LogP contribution in [0.5, 0.6) is 0 Å². The van der Waals surface area contributed by atoms with Gasteiger partial charge in [0.1, 0.15) is 6.67 Å². The Morgan fingerprint density at radius 3 is 2.42 bits per heavy atom. The first-order valence-electron chi connectivity index (χ1n) is 8.08. The number of benzene rings is 2. The van der Waals surface area contributed by atoms with E-state index in [0.717, 1.165) is 38.2 Å². The summed E-state index contributed by atoms with van der Waals surface area (Å²) in [6, 6.07) is 15.0. The number of piperazine rings is 1. The van der Waals surface area contributed by atoms with Crippen molar-refractivity contribution in [1.82, 2.24) is 10.2 Å². The van der Waals surface area contributed by atoms with Crippen molar-refractivity contribution in [3.8, 4) is 11.1 Å². The molecule has 2 nitrogen and oxygen atoms in total. The van der Waals surface area contributed by atoms with Crippen LogP contribution >= 0.6 is 24.8 Å². The van der Waals surface area contributed by atoms with Crippen LogP contribution < -0.4 is 5.32 Å². The molecule has 0 unspecified atom stereocenters. The molecule has 0 saturated carbocycles. The largest absolute Gasteiger partial charge is 0.314 e. The van der Waals surface area contributed by atoms with E-state index in [4.69, 9.17) is 0 Å². The Hall–Kier alpha value is -1.13. The second-order valence-electron chi connectivity index (χ2n) is 6.21. The van der Waals surface area contributed by atoms with Gasteiger partial charge >= 0.3 is 0 Å². The van der Waals surface area contributed by atoms with Crippen molar-refractivity contribution in [1.29, 1.82) is 0 Å². The molecule has 4 rings (SSSR count). The fourth-order valence-electron chi connectivity index (χ4n) is 3.76. The van der Waals surface area contributed by atoms with Crippen molar-refractivity contribution >= 4 is 24.8 Å². The van der Waals surface area contributed by atoms with Gasteiger partial charge in [-0.3, -0.25) is 4.90 Å². The lowest BCUT2D eigenvalue weighted by atomic mass is 9.99. The van der Waals surface area contributed by atoms with Crippen molar-refractivity contribution < 1.29 is 4.39 Å². The summed E-state index contributed by atoms with van der Waals surface area (Å²) in [4.78, 5) is 2.26. The van der Waals surface area contributed by atoms with Gasteiger partial charge in [-0.25, -0.2) is 4.39 Å². The van der Waals surface area contributed by atoms with Crippen molar-refractivity contribution in [2.75, 3.05) is 32.9 Å². The van der Waals surface area contributed by atoms with E-state index >= 15 is 0 Å². The van der Waals surface area contributed by atoms with Gasteiger partial charge < -0.3 is 5.32 Å². The van der Waals surface area contributed by atoms with Gasteiger partial charge in [-0.15, -0.1) is 24.8 Å². The van der Waals surface area contributed by atoms with Crippen LogP contribution in [0, 0.1) is 0 Å². The molecule has 2 aromatic rings. The van der Waals surface area contributed by atoms with Crippen LogP contribution in [-0.2, 0) is 6.42 Å². The highest BCUT2D eigenvalue weighted by atomic mass is 35.5. The number of rotatable bonds is 3. The van der Waals surface area contributed by atoms with Crippen LogP contribution in [-0.4, -0.2) is 37.8 Å². The molecule has 130 valence electrons. The monoisotopic (exact) mass is 368 g/mol. The lowest BCUT2D eigenvalue weighted by Gasteiger charge is -2.33. The summed E-state index contributed by atoms with van der Waals surface area (Å²) >= 11 is 0. The molecule has 0 spiro atoms. The van der Waals surface area contributed by atoms with Gasteiger partial charge in [0.05, 0.1) is 6.04 Å². The third-order valence-electron chi connectivity index (χ3n) is 4.94. The Kier molecular flexibility index (Phi) is 6.64. The molecule has 1 fully saturated rings. The molecule has 1 saturated heterocycles. The van der Waals surface area contributed by atoms with E-state index in [1.54, 1.807) is 0 Å². The number of fused-ring (bicyclic) bond motifs is 3. The summed E-state index contributed by atoms with van der Waals surface area (Å²) in [5.74, 6) is 0. The predicted octanol–water partition coefficient (Wildman–Crippen LogP) is 4.02. The molecular weight excluding hydrogens is 346 g/mol. The van der Waals surface area contributed by atoms with Crippen LogP contribution in [0.1, 0.15) is 22.7 Å². The van der Waals surface area contributed by atoms with Crippen molar-refractivity contribution in [3.63, 3.8) is 0 Å². The number of nitrogens with one attached hydrogen (secondary N) is 1. The molecule has 1 heterocycles. The number of hydrogen-bond donors (Lipinski definition) is 1. The molecule has 0 bridgehead atoms. The zero-order valence-corrected chi connectivity index (χ0v) is 15.1. The van der Waals surface area contributed by atoms with E-state index in [1.807, 2.05) is 0 Å². The summed E-state index contributed by atoms with van der Waals surface area (Å²) < 4.78 is 13.7. The first-order chi connectivity index (χ1) is 10.9. The van der Waals surface area contributed by atoms with Crippen LogP contribution in [0.3, 0.4) is 0 Å². The smallest absolute Gasteiger partial charge is 0.109 e. The van der Waals surface area contributed by atoms with Crippen LogP contribution in [0.4, 0.5) is 4.39 Å². The molecule has 1 aliphatic carbocycles. The van der Waals surface area contributed by atoms with E-state index < -0.39 is 0 Å². The highest BCUT2D eigenvalue weighted by Gasteiger charge is 2.24. The van der Waals surface area contributed by atoms with Crippen molar-refractivity contribution in [2.24, 2.45) is 0 Å². The van der Waals surface area contributed by atoms with E-state index in [-0.39, 0.29) is 37.5 Å². The van der Waals surface area contributed by atoms with Crippen molar-refractivity contribution in [3.05, 3.63) is 59.2 Å². The molecule has 1 N–H and O–H groups in total. The number of halogens is 3. The zero-order chi connectivity index (χ0) is 14.9. The average Bonchev–Trinajstić information content (AvgIpc) is 2.94. The van der Waals surface area contributed by atoms with Crippen LogP contribution in [0.15, 0.2) is 42.5 Å². The Balaban J connectivity index is 0.00000104. The second kappa shape index (κ2) is 8.30. The first kappa shape index (κ1) is 19.2. The summed E-state index contributed by atoms with van der Waals surface area (Å²) in [5.41, 5.74) is 6.50. The van der Waals surface area contributed by atoms with Crippen LogP contribution in [0.2, 0.25) is 0 Å². The minimum atomic E-state index is -0.314. The second-order valence-corrected chi connectivity index (χ2v) is 6.21. The Bertz CT molecular complexity index is 687. The molecule has 2 aromatic carbocycles. The fourth-order valence-corrected chi connectivity index (χ4v) is 3.76. The van der Waals surface area contributed by atoms with Gasteiger partial charge in [0.2, 0.25) is 0 Å². The SMILES string of the molecule is Cl.Cl.FC[C@H](c1ccc2c(c1)Cc1ccccc1-2)N1CCNCC1. The zero-order valence-electron chi connectivity index (χ0n) is 13.5. The normalized spacial score (nSPS) is 17.2. The molecular formula is C19H23Cl2FN2. The summed E-state index contributed by atoms with van der Waals surface area (Å²) in [7, 11) is 0. The molecule has 24 heavy (non-hydrogen) atoms. The van der Waals surface area contributed by atoms with Crippen LogP contribution in [0.25, 0.3) is 11.1 Å². The third-order valence-corrected chi connectivity index (χ3v) is 4.94. The Labute approximate surface area is 155 Å². The minimum Gasteiger partial charge on any atom is -0.314 e. The van der Waals surface area contributed by atoms with Gasteiger partial charge in [-0.2, -0.15) is 0 Å². The maximum atomic E-state index is 13.7. The summed E-state index contributed by atoms with van der Waals surface area (Å²) in [6.45, 7) is 3.43. The van der Waals surface area contributed by atoms with Gasteiger partial charge in [0, 0.05) is 26.2 Å². The van der Waals surface area contributed by atoms with Gasteiger partial charge in [-0.05, 0) is 34.2 Å². The fraction of sp³-hybridized carbons (Fsp3) is 0.368. The topological polar surface area (TPSA) is 15.3 Å². The molecule has 0 aromatic heterocycles. The maximum Gasteiger partial charge on any atom is 0.109 e. The summed E-state index contributed by atoms with van der Waals surface area (Å²) in [6.07, 6.45) is 0.972. The standard InChI is InChI=1S/C19H21FN2.2ClH/c20-13-19(22-9-7-21-8-10-22)15-5-6-18-16(12-15)11-14-3-1-2-4-17(14)18;;/h1-6,12,19,21H,7-11,13H2;2*1H/t19-;;/m1../s1. The maximum absolute atomic E-state index is 13.7. The Morgan fingerprint density at radius 1 is 0.958 bits per heavy atom. The molecule has 0 radical (unpaired) electrons. The van der Waals surface area contributed by atoms with Gasteiger partial charge in [0.15, 0.2) is 0 Å². The van der Waals surface area contributed by atoms with E-state index in [9.17, 15) is 4.39 Å². The lowest BCUT2D eigenvalue weighted by Crippen LogP contribution is -2.45. The molecule has 0 amide bonds. The number of alkyl halides is 1. The predicted molar refractivity (Wildman–Crippen MR) is 102 cm³/mol. The molecule has 2 aliphatic rings. The molecule has 1 aliphatic heterocycles. The highest BCUT2D eigenvalue weighted by Crippen LogP contribution is 2.38. The van der Waals surface area contributed by atoms with E-state index in [1.165, 1.54) is 22.3 Å². The number of hydrogen-bond acceptors (Lipinski definition) is 2. The lowest BCUT2D eigenvalue weighted by molar-refractivity contribution is 0.147. The van der Waals surface area contributed by atoms with Gasteiger partial charge in [0.25, 0.3) is 0 Å². The Morgan fingerprint density at radius 2 is 1.67 bits per heavy atom. The average molecular weight is 369 g/mol. The first-order valence-corrected chi connectivity index (χ1v) is 8.08. The molecule has 5 heteroatoms. The third kappa shape index (κ3) is 3.45. The molecule has 1 atom stereocenters. The van der Waals surface area contributed by atoms with E-state index in [0.29, 0.717) is 0 Å². The van der Waals surface area contributed by atoms with Gasteiger partial charge in [-0.1, -0.05) is 42.5 Å².